The van der Waals surface area contributed by atoms with E-state index in [0.29, 0.717) is 6.04 Å². The summed E-state index contributed by atoms with van der Waals surface area (Å²) in [6, 6.07) is 19.8. The number of aryl methyl sites for hydroxylation is 1. The number of thioether (sulfide) groups is 1. The van der Waals surface area contributed by atoms with E-state index in [0.717, 1.165) is 12.3 Å². The van der Waals surface area contributed by atoms with Gasteiger partial charge in [0, 0.05) is 16.7 Å². The molecule has 0 saturated carbocycles. The van der Waals surface area contributed by atoms with Gasteiger partial charge in [0.25, 0.3) is 0 Å². The van der Waals surface area contributed by atoms with Crippen molar-refractivity contribution in [1.29, 1.82) is 0 Å². The van der Waals surface area contributed by atoms with Crippen LogP contribution in [0.3, 0.4) is 0 Å². The smallest absolute Gasteiger partial charge is 0.0415 e. The first-order valence-electron chi connectivity index (χ1n) is 6.77. The maximum atomic E-state index is 3.57. The third-order valence-corrected chi connectivity index (χ3v) is 4.20. The molecule has 1 unspecified atom stereocenters. The van der Waals surface area contributed by atoms with Crippen LogP contribution in [0.4, 0.5) is 0 Å². The Morgan fingerprint density at radius 1 is 1.00 bits per heavy atom. The van der Waals surface area contributed by atoms with Gasteiger partial charge >= 0.3 is 0 Å². The fraction of sp³-hybridized carbons (Fsp3) is 0.294. The summed E-state index contributed by atoms with van der Waals surface area (Å²) in [5.74, 6) is 1.06. The average molecular weight is 271 g/mol. The minimum Gasteiger partial charge on any atom is -0.309 e. The summed E-state index contributed by atoms with van der Waals surface area (Å²) in [4.78, 5) is 1.33. The van der Waals surface area contributed by atoms with E-state index in [2.05, 4.69) is 73.8 Å². The highest BCUT2D eigenvalue weighted by atomic mass is 32.2. The topological polar surface area (TPSA) is 12.0 Å². The fourth-order valence-corrected chi connectivity index (χ4v) is 3.03. The average Bonchev–Trinajstić information content (AvgIpc) is 2.46. The molecule has 2 aromatic rings. The molecular weight excluding hydrogens is 250 g/mol. The van der Waals surface area contributed by atoms with Gasteiger partial charge in [-0.25, -0.2) is 0 Å². The molecule has 0 aromatic heterocycles. The first kappa shape index (κ1) is 14.2. The number of hydrogen-bond acceptors (Lipinski definition) is 2. The summed E-state index contributed by atoms with van der Waals surface area (Å²) >= 11 is 1.91. The van der Waals surface area contributed by atoms with Crippen LogP contribution < -0.4 is 5.32 Å². The summed E-state index contributed by atoms with van der Waals surface area (Å²) < 4.78 is 0. The van der Waals surface area contributed by atoms with Gasteiger partial charge in [-0.1, -0.05) is 55.0 Å². The van der Waals surface area contributed by atoms with Crippen molar-refractivity contribution in [3.63, 3.8) is 0 Å². The fourth-order valence-electron chi connectivity index (χ4n) is 2.01. The Kier molecular flexibility index (Phi) is 5.49. The first-order chi connectivity index (χ1) is 9.29. The maximum absolute atomic E-state index is 3.57. The highest BCUT2D eigenvalue weighted by molar-refractivity contribution is 7.99. The van der Waals surface area contributed by atoms with Crippen molar-refractivity contribution in [2.45, 2.75) is 24.8 Å². The molecule has 100 valence electrons. The highest BCUT2D eigenvalue weighted by Crippen LogP contribution is 2.24. The quantitative estimate of drug-likeness (QED) is 0.780. The van der Waals surface area contributed by atoms with Gasteiger partial charge in [0.05, 0.1) is 0 Å². The van der Waals surface area contributed by atoms with Crippen LogP contribution in [0.5, 0.6) is 0 Å². The summed E-state index contributed by atoms with van der Waals surface area (Å²) in [6.45, 7) is 5.28. The van der Waals surface area contributed by atoms with E-state index in [1.165, 1.54) is 16.0 Å². The van der Waals surface area contributed by atoms with Gasteiger partial charge in [-0.15, -0.1) is 11.8 Å². The van der Waals surface area contributed by atoms with Crippen LogP contribution in [0.15, 0.2) is 59.5 Å². The predicted molar refractivity (Wildman–Crippen MR) is 84.8 cm³/mol. The molecule has 19 heavy (non-hydrogen) atoms. The maximum Gasteiger partial charge on any atom is 0.0415 e. The Bertz CT molecular complexity index is 478. The second-order valence-electron chi connectivity index (χ2n) is 4.65. The van der Waals surface area contributed by atoms with Crippen molar-refractivity contribution >= 4 is 11.8 Å². The molecule has 0 aliphatic heterocycles. The monoisotopic (exact) mass is 271 g/mol. The van der Waals surface area contributed by atoms with Crippen LogP contribution in [-0.4, -0.2) is 12.3 Å². The molecule has 2 aromatic carbocycles. The van der Waals surface area contributed by atoms with Gasteiger partial charge < -0.3 is 5.32 Å². The SMILES string of the molecule is CCNC(CSc1ccccc1)c1ccc(C)cc1. The molecule has 1 nitrogen and oxygen atoms in total. The Hall–Kier alpha value is -1.25. The lowest BCUT2D eigenvalue weighted by molar-refractivity contribution is 0.606. The standard InChI is InChI=1S/C17H21NS/c1-3-18-17(15-11-9-14(2)10-12-15)13-19-16-7-5-4-6-8-16/h4-12,17-18H,3,13H2,1-2H3. The van der Waals surface area contributed by atoms with Crippen LogP contribution in [0.2, 0.25) is 0 Å². The third-order valence-electron chi connectivity index (χ3n) is 3.09. The summed E-state index contributed by atoms with van der Waals surface area (Å²) in [6.07, 6.45) is 0. The van der Waals surface area contributed by atoms with Gasteiger partial charge in [-0.05, 0) is 31.2 Å². The molecule has 0 amide bonds. The minimum atomic E-state index is 0.413. The van der Waals surface area contributed by atoms with E-state index < -0.39 is 0 Å². The van der Waals surface area contributed by atoms with Crippen LogP contribution in [0.1, 0.15) is 24.1 Å². The zero-order valence-electron chi connectivity index (χ0n) is 11.6. The van der Waals surface area contributed by atoms with E-state index in [-0.39, 0.29) is 0 Å². The van der Waals surface area contributed by atoms with Gasteiger partial charge in [0.2, 0.25) is 0 Å². The first-order valence-corrected chi connectivity index (χ1v) is 7.76. The zero-order chi connectivity index (χ0) is 13.5. The van der Waals surface area contributed by atoms with E-state index in [1.54, 1.807) is 0 Å². The molecule has 0 fully saturated rings. The van der Waals surface area contributed by atoms with Crippen molar-refractivity contribution in [2.75, 3.05) is 12.3 Å². The van der Waals surface area contributed by atoms with Crippen molar-refractivity contribution < 1.29 is 0 Å². The van der Waals surface area contributed by atoms with Crippen LogP contribution in [0.25, 0.3) is 0 Å². The normalized spacial score (nSPS) is 12.3. The largest absolute Gasteiger partial charge is 0.309 e. The number of hydrogen-bond donors (Lipinski definition) is 1. The van der Waals surface area contributed by atoms with Crippen LogP contribution in [-0.2, 0) is 0 Å². The Morgan fingerprint density at radius 3 is 2.32 bits per heavy atom. The lowest BCUT2D eigenvalue weighted by Crippen LogP contribution is -2.22. The third kappa shape index (κ3) is 4.41. The molecule has 0 aliphatic carbocycles. The molecule has 0 bridgehead atoms. The van der Waals surface area contributed by atoms with Crippen molar-refractivity contribution in [3.8, 4) is 0 Å². The summed E-state index contributed by atoms with van der Waals surface area (Å²) in [7, 11) is 0. The highest BCUT2D eigenvalue weighted by Gasteiger charge is 2.10. The van der Waals surface area contributed by atoms with Crippen molar-refractivity contribution in [1.82, 2.24) is 5.32 Å². The molecule has 1 N–H and O–H groups in total. The van der Waals surface area contributed by atoms with E-state index in [1.807, 2.05) is 11.8 Å². The number of nitrogens with one attached hydrogen (secondary N) is 1. The van der Waals surface area contributed by atoms with Crippen molar-refractivity contribution in [3.05, 3.63) is 65.7 Å². The lowest BCUT2D eigenvalue weighted by atomic mass is 10.1. The number of benzene rings is 2. The lowest BCUT2D eigenvalue weighted by Gasteiger charge is -2.18. The van der Waals surface area contributed by atoms with Gasteiger partial charge in [-0.2, -0.15) is 0 Å². The predicted octanol–water partition coefficient (Wildman–Crippen LogP) is 4.44. The van der Waals surface area contributed by atoms with Gasteiger partial charge in [-0.3, -0.25) is 0 Å². The second-order valence-corrected chi connectivity index (χ2v) is 5.74. The van der Waals surface area contributed by atoms with E-state index in [4.69, 9.17) is 0 Å². The summed E-state index contributed by atoms with van der Waals surface area (Å²) in [5, 5.41) is 3.57. The molecule has 0 heterocycles. The second kappa shape index (κ2) is 7.37. The molecule has 0 saturated heterocycles. The summed E-state index contributed by atoms with van der Waals surface area (Å²) in [5.41, 5.74) is 2.69. The minimum absolute atomic E-state index is 0.413. The Labute approximate surface area is 120 Å². The van der Waals surface area contributed by atoms with Crippen LogP contribution in [0, 0.1) is 6.92 Å². The molecule has 0 aliphatic rings. The molecule has 2 rings (SSSR count). The molecule has 0 radical (unpaired) electrons. The van der Waals surface area contributed by atoms with E-state index >= 15 is 0 Å². The van der Waals surface area contributed by atoms with Gasteiger partial charge in [0.15, 0.2) is 0 Å². The van der Waals surface area contributed by atoms with Crippen molar-refractivity contribution in [2.24, 2.45) is 0 Å². The van der Waals surface area contributed by atoms with Crippen LogP contribution >= 0.6 is 11.8 Å². The van der Waals surface area contributed by atoms with E-state index in [9.17, 15) is 0 Å². The molecule has 1 atom stereocenters. The number of rotatable bonds is 6. The Balaban J connectivity index is 2.02. The molecule has 0 spiro atoms. The Morgan fingerprint density at radius 2 is 1.68 bits per heavy atom. The molecule has 2 heteroatoms. The molecular formula is C17H21NS. The zero-order valence-corrected chi connectivity index (χ0v) is 12.4. The van der Waals surface area contributed by atoms with Gasteiger partial charge in [0.1, 0.15) is 0 Å².